The Bertz CT molecular complexity index is 1240. The highest BCUT2D eigenvalue weighted by Gasteiger charge is 2.73. The first kappa shape index (κ1) is 24.5. The summed E-state index contributed by atoms with van der Waals surface area (Å²) in [4.78, 5) is 0.0398. The van der Waals surface area contributed by atoms with Crippen molar-refractivity contribution in [3.63, 3.8) is 0 Å². The van der Waals surface area contributed by atoms with Crippen LogP contribution in [-0.4, -0.2) is 33.4 Å². The Kier molecular flexibility index (Phi) is 5.39. The fourth-order valence-electron chi connectivity index (χ4n) is 5.66. The molecule has 11 heteroatoms. The van der Waals surface area contributed by atoms with Gasteiger partial charge >= 0.3 is 18.0 Å². The third-order valence-corrected chi connectivity index (χ3v) is 10.2. The van der Waals surface area contributed by atoms with E-state index in [0.29, 0.717) is 24.6 Å². The molecule has 0 bridgehead atoms. The molecule has 190 valence electrons. The molecule has 0 radical (unpaired) electrons. The third kappa shape index (κ3) is 3.44. The van der Waals surface area contributed by atoms with Crippen LogP contribution in [0.5, 0.6) is 0 Å². The first-order valence-electron chi connectivity index (χ1n) is 11.3. The molecule has 2 aliphatic carbocycles. The van der Waals surface area contributed by atoms with Gasteiger partial charge in [-0.1, -0.05) is 30.3 Å². The molecule has 5 rings (SSSR count). The Balaban J connectivity index is 1.64. The molecule has 2 fully saturated rings. The molecule has 0 aromatic heterocycles. The van der Waals surface area contributed by atoms with E-state index in [1.54, 1.807) is 12.1 Å². The summed E-state index contributed by atoms with van der Waals surface area (Å²) >= 11 is 0. The summed E-state index contributed by atoms with van der Waals surface area (Å²) < 4.78 is 121. The van der Waals surface area contributed by atoms with E-state index in [0.717, 1.165) is 24.5 Å². The summed E-state index contributed by atoms with van der Waals surface area (Å²) in [7, 11) is -4.10. The first-order valence-corrected chi connectivity index (χ1v) is 12.8. The zero-order valence-corrected chi connectivity index (χ0v) is 19.1. The maximum absolute atomic E-state index is 14.7. The summed E-state index contributed by atoms with van der Waals surface area (Å²) in [6.07, 6.45) is -10.1. The average molecular weight is 521 g/mol. The molecular formula is C24H22F7NO2S. The smallest absolute Gasteiger partial charge is 0.312 e. The van der Waals surface area contributed by atoms with Gasteiger partial charge in [-0.2, -0.15) is 26.3 Å². The number of hydrogen-bond donors (Lipinski definition) is 1. The van der Waals surface area contributed by atoms with Crippen molar-refractivity contribution in [2.45, 2.75) is 71.7 Å². The van der Waals surface area contributed by atoms with Crippen molar-refractivity contribution in [1.29, 1.82) is 0 Å². The third-order valence-electron chi connectivity index (χ3n) is 7.61. The molecule has 3 nitrogen and oxygen atoms in total. The summed E-state index contributed by atoms with van der Waals surface area (Å²) in [6.45, 7) is 0.309. The first-order chi connectivity index (χ1) is 16.2. The van der Waals surface area contributed by atoms with E-state index in [4.69, 9.17) is 0 Å². The number of alkyl halides is 7. The fourth-order valence-corrected chi connectivity index (χ4v) is 8.01. The minimum atomic E-state index is -6.24. The molecular weight excluding hydrogens is 499 g/mol. The van der Waals surface area contributed by atoms with Gasteiger partial charge in [0.15, 0.2) is 9.84 Å². The van der Waals surface area contributed by atoms with Gasteiger partial charge in [-0.25, -0.2) is 12.8 Å². The molecule has 0 amide bonds. The van der Waals surface area contributed by atoms with Gasteiger partial charge in [-0.15, -0.1) is 0 Å². The van der Waals surface area contributed by atoms with Crippen molar-refractivity contribution in [3.05, 3.63) is 64.7 Å². The van der Waals surface area contributed by atoms with Gasteiger partial charge < -0.3 is 5.32 Å². The maximum atomic E-state index is 14.7. The van der Waals surface area contributed by atoms with Gasteiger partial charge in [0, 0.05) is 11.6 Å². The molecule has 35 heavy (non-hydrogen) atoms. The second-order valence-electron chi connectivity index (χ2n) is 9.56. The van der Waals surface area contributed by atoms with Crippen LogP contribution in [0.2, 0.25) is 0 Å². The number of benzene rings is 2. The van der Waals surface area contributed by atoms with Gasteiger partial charge in [0.25, 0.3) is 0 Å². The van der Waals surface area contributed by atoms with Crippen LogP contribution >= 0.6 is 0 Å². The quantitative estimate of drug-likeness (QED) is 0.515. The van der Waals surface area contributed by atoms with Crippen LogP contribution < -0.4 is 5.32 Å². The lowest BCUT2D eigenvalue weighted by Gasteiger charge is -2.41. The average Bonchev–Trinajstić information content (AvgIpc) is 3.54. The molecule has 1 saturated heterocycles. The molecule has 2 atom stereocenters. The van der Waals surface area contributed by atoms with E-state index in [2.05, 4.69) is 5.32 Å². The van der Waals surface area contributed by atoms with Crippen molar-refractivity contribution >= 4 is 9.84 Å². The van der Waals surface area contributed by atoms with Crippen molar-refractivity contribution in [1.82, 2.24) is 5.32 Å². The normalized spacial score (nSPS) is 25.3. The summed E-state index contributed by atoms with van der Waals surface area (Å²) in [5.74, 6) is 0.405. The van der Waals surface area contributed by atoms with Crippen molar-refractivity contribution < 1.29 is 39.2 Å². The summed E-state index contributed by atoms with van der Waals surface area (Å²) in [6, 6.07) is 7.84. The predicted octanol–water partition coefficient (Wildman–Crippen LogP) is 5.83. The molecule has 1 aliphatic heterocycles. The van der Waals surface area contributed by atoms with Crippen LogP contribution in [0, 0.1) is 0 Å². The SMILES string of the molecule is O=S(=O)(c1ccc(C2CC2)cc1)C12CCNC1CCc1cc(C(F)(C(F)(F)F)C(F)(F)F)ccc12. The lowest BCUT2D eigenvalue weighted by atomic mass is 9.77. The van der Waals surface area contributed by atoms with Gasteiger partial charge in [0.1, 0.15) is 4.75 Å². The fraction of sp³-hybridized carbons (Fsp3) is 0.500. The molecule has 2 aromatic rings. The highest BCUT2D eigenvalue weighted by molar-refractivity contribution is 7.92. The van der Waals surface area contributed by atoms with Crippen LogP contribution in [-0.2, 0) is 26.7 Å². The van der Waals surface area contributed by atoms with E-state index in [1.165, 1.54) is 12.1 Å². The lowest BCUT2D eigenvalue weighted by Crippen LogP contribution is -2.51. The Hall–Kier alpha value is -2.14. The predicted molar refractivity (Wildman–Crippen MR) is 113 cm³/mol. The molecule has 1 N–H and O–H groups in total. The van der Waals surface area contributed by atoms with Crippen LogP contribution in [0.15, 0.2) is 47.4 Å². The topological polar surface area (TPSA) is 46.2 Å². The number of fused-ring (bicyclic) bond motifs is 3. The van der Waals surface area contributed by atoms with Crippen molar-refractivity contribution in [3.8, 4) is 0 Å². The van der Waals surface area contributed by atoms with Crippen LogP contribution in [0.3, 0.4) is 0 Å². The van der Waals surface area contributed by atoms with E-state index < -0.39 is 44.2 Å². The van der Waals surface area contributed by atoms with Gasteiger partial charge in [-0.3, -0.25) is 0 Å². The molecule has 1 saturated carbocycles. The molecule has 1 heterocycles. The Labute approximate surface area is 197 Å². The minimum Gasteiger partial charge on any atom is -0.312 e. The summed E-state index contributed by atoms with van der Waals surface area (Å²) in [5.41, 5.74) is -6.03. The number of aryl methyl sites for hydroxylation is 1. The molecule has 3 aliphatic rings. The second kappa shape index (κ2) is 7.68. The number of nitrogens with one attached hydrogen (secondary N) is 1. The second-order valence-corrected chi connectivity index (χ2v) is 11.8. The standard InChI is InChI=1S/C24H22F7NO2S/c25-22(23(26,27)28,24(29,30)31)17-6-9-19-16(13-17)5-10-20-21(19,11-12-32-20)35(33,34)18-7-3-15(4-8-18)14-1-2-14/h3-4,6-9,13-14,20,32H,1-2,5,10-12H2. The Morgan fingerprint density at radius 1 is 0.857 bits per heavy atom. The van der Waals surface area contributed by atoms with E-state index >= 15 is 0 Å². The Morgan fingerprint density at radius 2 is 1.49 bits per heavy atom. The monoisotopic (exact) mass is 521 g/mol. The highest BCUT2D eigenvalue weighted by atomic mass is 32.2. The zero-order valence-electron chi connectivity index (χ0n) is 18.3. The van der Waals surface area contributed by atoms with E-state index in [9.17, 15) is 39.2 Å². The lowest BCUT2D eigenvalue weighted by molar-refractivity contribution is -0.348. The molecule has 2 aromatic carbocycles. The number of sulfone groups is 1. The van der Waals surface area contributed by atoms with Crippen LogP contribution in [0.25, 0.3) is 0 Å². The zero-order chi connectivity index (χ0) is 25.4. The van der Waals surface area contributed by atoms with Crippen molar-refractivity contribution in [2.24, 2.45) is 0 Å². The van der Waals surface area contributed by atoms with Crippen molar-refractivity contribution in [2.75, 3.05) is 6.54 Å². The van der Waals surface area contributed by atoms with Crippen LogP contribution in [0.4, 0.5) is 30.7 Å². The number of hydrogen-bond acceptors (Lipinski definition) is 3. The molecule has 0 spiro atoms. The van der Waals surface area contributed by atoms with E-state index in [-0.39, 0.29) is 35.3 Å². The van der Waals surface area contributed by atoms with E-state index in [1.807, 2.05) is 0 Å². The van der Waals surface area contributed by atoms with Crippen LogP contribution in [0.1, 0.15) is 53.9 Å². The van der Waals surface area contributed by atoms with Gasteiger partial charge in [0.05, 0.1) is 4.90 Å². The minimum absolute atomic E-state index is 0.0175. The number of halogens is 7. The molecule has 2 unspecified atom stereocenters. The van der Waals surface area contributed by atoms with Gasteiger partial charge in [-0.05, 0) is 73.4 Å². The summed E-state index contributed by atoms with van der Waals surface area (Å²) in [5, 5.41) is 3.14. The highest BCUT2D eigenvalue weighted by Crippen LogP contribution is 2.55. The maximum Gasteiger partial charge on any atom is 0.435 e. The van der Waals surface area contributed by atoms with Gasteiger partial charge in [0.2, 0.25) is 0 Å². The number of rotatable bonds is 4. The Morgan fingerprint density at radius 3 is 2.06 bits per heavy atom. The largest absolute Gasteiger partial charge is 0.435 e.